The minimum Gasteiger partial charge on any atom is -0.368 e. The van der Waals surface area contributed by atoms with E-state index in [1.165, 1.54) is 0 Å². The van der Waals surface area contributed by atoms with Crippen molar-refractivity contribution in [2.24, 2.45) is 0 Å². The van der Waals surface area contributed by atoms with Crippen molar-refractivity contribution >= 4 is 16.7 Å². The summed E-state index contributed by atoms with van der Waals surface area (Å²) in [6.07, 6.45) is 1.81. The van der Waals surface area contributed by atoms with Gasteiger partial charge in [-0.2, -0.15) is 0 Å². The van der Waals surface area contributed by atoms with Crippen molar-refractivity contribution in [2.75, 3.05) is 5.73 Å². The summed E-state index contributed by atoms with van der Waals surface area (Å²) in [5.41, 5.74) is 8.24. The Labute approximate surface area is 98.1 Å². The fraction of sp³-hybridized carbons (Fsp3) is 0.0769. The summed E-state index contributed by atoms with van der Waals surface area (Å²) in [5.74, 6) is 0.322. The summed E-state index contributed by atoms with van der Waals surface area (Å²) < 4.78 is 4.87. The first-order valence-corrected chi connectivity index (χ1v) is 5.32. The highest BCUT2D eigenvalue weighted by Gasteiger charge is 2.06. The van der Waals surface area contributed by atoms with Gasteiger partial charge in [-0.3, -0.25) is 4.98 Å². The minimum absolute atomic E-state index is 0.322. The lowest BCUT2D eigenvalue weighted by atomic mass is 10.0. The van der Waals surface area contributed by atoms with Crippen LogP contribution in [0.15, 0.2) is 41.1 Å². The lowest BCUT2D eigenvalue weighted by Crippen LogP contribution is -1.84. The van der Waals surface area contributed by atoms with Crippen molar-refractivity contribution in [3.05, 3.63) is 42.2 Å². The number of hydrogen-bond acceptors (Lipinski definition) is 4. The summed E-state index contributed by atoms with van der Waals surface area (Å²) >= 11 is 0. The normalized spacial score (nSPS) is 10.9. The van der Waals surface area contributed by atoms with E-state index in [2.05, 4.69) is 16.2 Å². The molecule has 0 aliphatic carbocycles. The molecular formula is C13H11N3O. The second-order valence-corrected chi connectivity index (χ2v) is 3.95. The van der Waals surface area contributed by atoms with Gasteiger partial charge in [0.05, 0.1) is 0 Å². The average molecular weight is 225 g/mol. The maximum absolute atomic E-state index is 5.52. The highest BCUT2D eigenvalue weighted by molar-refractivity contribution is 5.88. The van der Waals surface area contributed by atoms with Crippen molar-refractivity contribution in [1.29, 1.82) is 0 Å². The molecule has 0 fully saturated rings. The van der Waals surface area contributed by atoms with E-state index >= 15 is 0 Å². The summed E-state index contributed by atoms with van der Waals surface area (Å²) in [7, 11) is 0. The summed E-state index contributed by atoms with van der Waals surface area (Å²) in [6.45, 7) is 1.99. The Morgan fingerprint density at radius 1 is 1.18 bits per heavy atom. The Morgan fingerprint density at radius 3 is 2.82 bits per heavy atom. The van der Waals surface area contributed by atoms with Gasteiger partial charge in [-0.05, 0) is 24.4 Å². The number of pyridine rings is 1. The van der Waals surface area contributed by atoms with Crippen LogP contribution in [0.25, 0.3) is 22.0 Å². The van der Waals surface area contributed by atoms with Crippen molar-refractivity contribution in [2.45, 2.75) is 6.92 Å². The van der Waals surface area contributed by atoms with E-state index in [1.807, 2.05) is 31.3 Å². The molecule has 84 valence electrons. The topological polar surface area (TPSA) is 64.9 Å². The number of nitrogens with two attached hydrogens (primary N) is 1. The Bertz CT molecular complexity index is 688. The van der Waals surface area contributed by atoms with Crippen LogP contribution in [0.3, 0.4) is 0 Å². The van der Waals surface area contributed by atoms with Crippen molar-refractivity contribution in [3.8, 4) is 11.3 Å². The van der Waals surface area contributed by atoms with Gasteiger partial charge in [0, 0.05) is 28.9 Å². The fourth-order valence-electron chi connectivity index (χ4n) is 1.90. The van der Waals surface area contributed by atoms with Crippen molar-refractivity contribution in [1.82, 2.24) is 10.1 Å². The van der Waals surface area contributed by atoms with Gasteiger partial charge in [-0.1, -0.05) is 17.3 Å². The molecule has 3 rings (SSSR count). The van der Waals surface area contributed by atoms with Gasteiger partial charge in [-0.15, -0.1) is 0 Å². The number of rotatable bonds is 1. The molecule has 2 aromatic heterocycles. The van der Waals surface area contributed by atoms with E-state index < -0.39 is 0 Å². The fourth-order valence-corrected chi connectivity index (χ4v) is 1.90. The van der Waals surface area contributed by atoms with Gasteiger partial charge < -0.3 is 10.3 Å². The maximum Gasteiger partial charge on any atom is 0.222 e. The zero-order valence-corrected chi connectivity index (χ0v) is 9.34. The molecule has 3 aromatic rings. The summed E-state index contributed by atoms with van der Waals surface area (Å²) in [4.78, 5) is 4.28. The predicted octanol–water partition coefficient (Wildman–Crippen LogP) is 2.78. The number of fused-ring (bicyclic) bond motifs is 1. The lowest BCUT2D eigenvalue weighted by Gasteiger charge is -2.02. The highest BCUT2D eigenvalue weighted by atomic mass is 16.5. The van der Waals surface area contributed by atoms with Crippen LogP contribution in [-0.2, 0) is 0 Å². The van der Waals surface area contributed by atoms with Crippen LogP contribution in [0, 0.1) is 6.92 Å². The van der Waals surface area contributed by atoms with Crippen LogP contribution in [0.1, 0.15) is 5.69 Å². The molecule has 4 heteroatoms. The molecule has 0 aliphatic rings. The molecule has 0 atom stereocenters. The number of hydrogen-bond donors (Lipinski definition) is 1. The molecule has 1 aromatic carbocycles. The molecule has 0 unspecified atom stereocenters. The first-order valence-electron chi connectivity index (χ1n) is 5.32. The highest BCUT2D eigenvalue weighted by Crippen LogP contribution is 2.25. The molecular weight excluding hydrogens is 214 g/mol. The lowest BCUT2D eigenvalue weighted by molar-refractivity contribution is 0.439. The number of benzene rings is 1. The predicted molar refractivity (Wildman–Crippen MR) is 66.4 cm³/mol. The number of aryl methyl sites for hydroxylation is 1. The second kappa shape index (κ2) is 3.59. The van der Waals surface area contributed by atoms with E-state index in [9.17, 15) is 0 Å². The third-order valence-corrected chi connectivity index (χ3v) is 2.79. The molecule has 0 aliphatic heterocycles. The van der Waals surface area contributed by atoms with Gasteiger partial charge in [-0.25, -0.2) is 0 Å². The number of aromatic nitrogens is 2. The first-order chi connectivity index (χ1) is 8.24. The quantitative estimate of drug-likeness (QED) is 0.691. The van der Waals surface area contributed by atoms with E-state index in [0.29, 0.717) is 5.88 Å². The molecule has 4 nitrogen and oxygen atoms in total. The molecule has 0 amide bonds. The van der Waals surface area contributed by atoms with Gasteiger partial charge in [0.2, 0.25) is 5.88 Å². The molecule has 17 heavy (non-hydrogen) atoms. The zero-order chi connectivity index (χ0) is 11.8. The molecule has 0 saturated heterocycles. The Morgan fingerprint density at radius 2 is 2.06 bits per heavy atom. The molecule has 2 heterocycles. The Balaban J connectivity index is 2.22. The standard InChI is InChI=1S/C13H11N3O/c1-8-11-6-10(12-7-13(14)17-16-12)3-2-9(11)4-5-15-8/h2-7H,14H2,1H3. The van der Waals surface area contributed by atoms with Crippen LogP contribution in [0.4, 0.5) is 5.88 Å². The smallest absolute Gasteiger partial charge is 0.222 e. The molecule has 0 saturated carbocycles. The van der Waals surface area contributed by atoms with Crippen LogP contribution < -0.4 is 5.73 Å². The number of nitrogen functional groups attached to an aromatic ring is 1. The van der Waals surface area contributed by atoms with E-state index in [0.717, 1.165) is 27.7 Å². The number of nitrogens with zero attached hydrogens (tertiary/aromatic N) is 2. The van der Waals surface area contributed by atoms with Gasteiger partial charge >= 0.3 is 0 Å². The molecule has 2 N–H and O–H groups in total. The monoisotopic (exact) mass is 225 g/mol. The Kier molecular flexibility index (Phi) is 2.08. The van der Waals surface area contributed by atoms with Crippen molar-refractivity contribution < 1.29 is 4.52 Å². The number of anilines is 1. The Hall–Kier alpha value is -2.36. The van der Waals surface area contributed by atoms with Crippen LogP contribution in [-0.4, -0.2) is 10.1 Å². The van der Waals surface area contributed by atoms with Crippen molar-refractivity contribution in [3.63, 3.8) is 0 Å². The van der Waals surface area contributed by atoms with Crippen LogP contribution >= 0.6 is 0 Å². The van der Waals surface area contributed by atoms with E-state index in [1.54, 1.807) is 6.07 Å². The molecule has 0 radical (unpaired) electrons. The van der Waals surface area contributed by atoms with Crippen LogP contribution in [0.2, 0.25) is 0 Å². The van der Waals surface area contributed by atoms with E-state index in [-0.39, 0.29) is 0 Å². The van der Waals surface area contributed by atoms with Crippen LogP contribution in [0.5, 0.6) is 0 Å². The van der Waals surface area contributed by atoms with Gasteiger partial charge in [0.15, 0.2) is 0 Å². The van der Waals surface area contributed by atoms with Gasteiger partial charge in [0.1, 0.15) is 5.69 Å². The van der Waals surface area contributed by atoms with E-state index in [4.69, 9.17) is 10.3 Å². The minimum atomic E-state index is 0.322. The third kappa shape index (κ3) is 1.63. The third-order valence-electron chi connectivity index (χ3n) is 2.79. The SMILES string of the molecule is Cc1nccc2ccc(-c3cc(N)on3)cc12. The van der Waals surface area contributed by atoms with Gasteiger partial charge in [0.25, 0.3) is 0 Å². The second-order valence-electron chi connectivity index (χ2n) is 3.95. The molecule has 0 bridgehead atoms. The summed E-state index contributed by atoms with van der Waals surface area (Å²) in [6, 6.07) is 9.80. The zero-order valence-electron chi connectivity index (χ0n) is 9.34. The first kappa shape index (κ1) is 9.84. The maximum atomic E-state index is 5.52. The summed E-state index contributed by atoms with van der Waals surface area (Å²) in [5, 5.41) is 6.18. The molecule has 0 spiro atoms. The largest absolute Gasteiger partial charge is 0.368 e. The average Bonchev–Trinajstić information content (AvgIpc) is 2.76.